The molecule has 236 valence electrons. The van der Waals surface area contributed by atoms with E-state index < -0.39 is 35.7 Å². The summed E-state index contributed by atoms with van der Waals surface area (Å²) in [6, 6.07) is 16.7. The van der Waals surface area contributed by atoms with Gasteiger partial charge in [-0.2, -0.15) is 0 Å². The molecule has 3 unspecified atom stereocenters. The number of nitrogens with one attached hydrogen (secondary N) is 2. The minimum atomic E-state index is -1.23. The maximum Gasteiger partial charge on any atom is 0.404 e. The summed E-state index contributed by atoms with van der Waals surface area (Å²) in [6.45, 7) is 9.02. The Balaban J connectivity index is 1.53. The number of aryl methyl sites for hydroxylation is 1. The van der Waals surface area contributed by atoms with Gasteiger partial charge in [0.1, 0.15) is 6.04 Å². The van der Waals surface area contributed by atoms with E-state index >= 15 is 0 Å². The van der Waals surface area contributed by atoms with Crippen molar-refractivity contribution in [3.05, 3.63) is 87.9 Å². The minimum absolute atomic E-state index is 0.110. The second kappa shape index (κ2) is 14.7. The van der Waals surface area contributed by atoms with Gasteiger partial charge in [-0.05, 0) is 42.7 Å². The summed E-state index contributed by atoms with van der Waals surface area (Å²) in [6.07, 6.45) is -1.49. The zero-order valence-electron chi connectivity index (χ0n) is 25.8. The minimum Gasteiger partial charge on any atom is -0.465 e. The Kier molecular flexibility index (Phi) is 11.0. The highest BCUT2D eigenvalue weighted by molar-refractivity contribution is 7.09. The maximum atomic E-state index is 14.1. The van der Waals surface area contributed by atoms with Crippen LogP contribution in [0.25, 0.3) is 0 Å². The topological polar surface area (TPSA) is 135 Å². The van der Waals surface area contributed by atoms with Gasteiger partial charge in [0.05, 0.1) is 29.4 Å². The second-order valence-corrected chi connectivity index (χ2v) is 13.5. The van der Waals surface area contributed by atoms with Gasteiger partial charge >= 0.3 is 12.1 Å². The van der Waals surface area contributed by atoms with Crippen LogP contribution in [0.3, 0.4) is 0 Å². The van der Waals surface area contributed by atoms with Gasteiger partial charge in [0.15, 0.2) is 0 Å². The standard InChI is InChI=1S/C33H43N5O5S/c1-22-34-26(21-44-22)20-37-15-16-38(32(37)43)29(33(2,3)4)30(40)35-25(17-23-11-7-5-8-12-23)19-28(39)27(36-31(41)42)18-24-13-9-6-10-14-24/h5-14,21,25,27-29,36,39H,15-20H2,1-4H3,(H,35,40)(H,41,42)/t25?,27?,28?,29-/m1/s1. The molecule has 0 bridgehead atoms. The van der Waals surface area contributed by atoms with E-state index in [1.807, 2.05) is 93.7 Å². The number of amides is 4. The number of aliphatic hydroxyl groups is 1. The fourth-order valence-corrected chi connectivity index (χ4v) is 6.41. The molecule has 0 spiro atoms. The molecule has 4 N–H and O–H groups in total. The first kappa shape index (κ1) is 32.9. The zero-order valence-corrected chi connectivity index (χ0v) is 26.6. The normalized spacial score (nSPS) is 16.3. The molecule has 0 aliphatic carbocycles. The number of carboxylic acid groups (broad SMARTS) is 1. The predicted molar refractivity (Wildman–Crippen MR) is 170 cm³/mol. The van der Waals surface area contributed by atoms with Crippen LogP contribution in [-0.4, -0.2) is 80.3 Å². The quantitative estimate of drug-likeness (QED) is 0.223. The number of nitrogens with zero attached hydrogens (tertiary/aromatic N) is 3. The summed E-state index contributed by atoms with van der Waals surface area (Å²) in [7, 11) is 0. The lowest BCUT2D eigenvalue weighted by molar-refractivity contribution is -0.129. The molecular formula is C33H43N5O5S. The fraction of sp³-hybridized carbons (Fsp3) is 0.455. The number of aromatic nitrogens is 1. The number of hydrogen-bond donors (Lipinski definition) is 4. The third kappa shape index (κ3) is 9.03. The van der Waals surface area contributed by atoms with Gasteiger partial charge in [0.25, 0.3) is 0 Å². The van der Waals surface area contributed by atoms with Gasteiger partial charge in [-0.3, -0.25) is 4.79 Å². The third-order valence-electron chi connectivity index (χ3n) is 7.80. The lowest BCUT2D eigenvalue weighted by atomic mass is 9.84. The summed E-state index contributed by atoms with van der Waals surface area (Å²) >= 11 is 1.54. The van der Waals surface area contributed by atoms with E-state index in [2.05, 4.69) is 15.6 Å². The lowest BCUT2D eigenvalue weighted by Gasteiger charge is -2.38. The van der Waals surface area contributed by atoms with Crippen LogP contribution in [0.4, 0.5) is 9.59 Å². The van der Waals surface area contributed by atoms with Crippen molar-refractivity contribution in [1.29, 1.82) is 0 Å². The average Bonchev–Trinajstić information content (AvgIpc) is 3.53. The van der Waals surface area contributed by atoms with Crippen LogP contribution in [0.1, 0.15) is 49.0 Å². The lowest BCUT2D eigenvalue weighted by Crippen LogP contribution is -2.57. The highest BCUT2D eigenvalue weighted by atomic mass is 32.1. The summed E-state index contributed by atoms with van der Waals surface area (Å²) in [5.41, 5.74) is 2.09. The first-order chi connectivity index (χ1) is 20.9. The predicted octanol–water partition coefficient (Wildman–Crippen LogP) is 4.46. The Labute approximate surface area is 263 Å². The fourth-order valence-electron chi connectivity index (χ4n) is 5.80. The van der Waals surface area contributed by atoms with E-state index in [0.717, 1.165) is 21.8 Å². The number of benzene rings is 2. The van der Waals surface area contributed by atoms with Crippen LogP contribution in [-0.2, 0) is 24.2 Å². The Morgan fingerprint density at radius 1 is 0.977 bits per heavy atom. The molecule has 10 nitrogen and oxygen atoms in total. The largest absolute Gasteiger partial charge is 0.465 e. The molecule has 1 aliphatic heterocycles. The van der Waals surface area contributed by atoms with E-state index in [1.54, 1.807) is 9.80 Å². The SMILES string of the molecule is Cc1nc(CN2CCN([C@H](C(=O)NC(Cc3ccccc3)CC(O)C(Cc3ccccc3)NC(=O)O)C(C)(C)C)C2=O)cs1. The maximum absolute atomic E-state index is 14.1. The Hall–Kier alpha value is -3.96. The van der Waals surface area contributed by atoms with E-state index in [1.165, 1.54) is 11.3 Å². The summed E-state index contributed by atoms with van der Waals surface area (Å²) < 4.78 is 0. The molecule has 1 aliphatic rings. The van der Waals surface area contributed by atoms with Crippen LogP contribution in [0, 0.1) is 12.3 Å². The molecule has 44 heavy (non-hydrogen) atoms. The van der Waals surface area contributed by atoms with Crippen molar-refractivity contribution in [2.24, 2.45) is 5.41 Å². The highest BCUT2D eigenvalue weighted by Crippen LogP contribution is 2.29. The molecule has 4 amide bonds. The van der Waals surface area contributed by atoms with Crippen LogP contribution < -0.4 is 10.6 Å². The van der Waals surface area contributed by atoms with Crippen LogP contribution in [0.15, 0.2) is 66.0 Å². The van der Waals surface area contributed by atoms with Crippen molar-refractivity contribution in [2.75, 3.05) is 13.1 Å². The van der Waals surface area contributed by atoms with Gasteiger partial charge in [-0.15, -0.1) is 11.3 Å². The van der Waals surface area contributed by atoms with E-state index in [0.29, 0.717) is 32.5 Å². The number of urea groups is 1. The molecule has 2 heterocycles. The van der Waals surface area contributed by atoms with E-state index in [4.69, 9.17) is 0 Å². The van der Waals surface area contributed by atoms with Crippen molar-refractivity contribution in [1.82, 2.24) is 25.4 Å². The van der Waals surface area contributed by atoms with Gasteiger partial charge < -0.3 is 30.6 Å². The summed E-state index contributed by atoms with van der Waals surface area (Å²) in [5, 5.41) is 29.4. The molecule has 1 aromatic heterocycles. The number of hydrogen-bond acceptors (Lipinski definition) is 6. The molecule has 4 atom stereocenters. The van der Waals surface area contributed by atoms with Crippen molar-refractivity contribution in [3.63, 3.8) is 0 Å². The molecule has 1 saturated heterocycles. The second-order valence-electron chi connectivity index (χ2n) is 12.5. The van der Waals surface area contributed by atoms with Gasteiger partial charge in [0.2, 0.25) is 5.91 Å². The van der Waals surface area contributed by atoms with Crippen LogP contribution in [0.5, 0.6) is 0 Å². The number of rotatable bonds is 13. The first-order valence-corrected chi connectivity index (χ1v) is 15.8. The van der Waals surface area contributed by atoms with Crippen molar-refractivity contribution < 1.29 is 24.6 Å². The summed E-state index contributed by atoms with van der Waals surface area (Å²) in [4.78, 5) is 47.1. The third-order valence-corrected chi connectivity index (χ3v) is 8.62. The monoisotopic (exact) mass is 621 g/mol. The molecule has 3 aromatic rings. The molecule has 2 aromatic carbocycles. The van der Waals surface area contributed by atoms with E-state index in [9.17, 15) is 24.6 Å². The number of carbonyl (C=O) groups excluding carboxylic acids is 2. The van der Waals surface area contributed by atoms with Gasteiger partial charge in [0, 0.05) is 24.5 Å². The molecule has 11 heteroatoms. The highest BCUT2D eigenvalue weighted by Gasteiger charge is 2.44. The summed E-state index contributed by atoms with van der Waals surface area (Å²) in [5.74, 6) is -0.309. The van der Waals surface area contributed by atoms with E-state index in [-0.39, 0.29) is 18.4 Å². The molecule has 0 saturated carbocycles. The molecule has 1 fully saturated rings. The molecule has 0 radical (unpaired) electrons. The zero-order chi connectivity index (χ0) is 31.9. The van der Waals surface area contributed by atoms with Gasteiger partial charge in [-0.1, -0.05) is 81.4 Å². The average molecular weight is 622 g/mol. The van der Waals surface area contributed by atoms with Crippen molar-refractivity contribution in [3.8, 4) is 0 Å². The van der Waals surface area contributed by atoms with Crippen molar-refractivity contribution in [2.45, 2.75) is 77.7 Å². The Morgan fingerprint density at radius 3 is 2.14 bits per heavy atom. The number of carbonyl (C=O) groups is 3. The van der Waals surface area contributed by atoms with Crippen molar-refractivity contribution >= 4 is 29.4 Å². The van der Waals surface area contributed by atoms with Crippen LogP contribution >= 0.6 is 11.3 Å². The number of aliphatic hydroxyl groups excluding tert-OH is 1. The van der Waals surface area contributed by atoms with Crippen LogP contribution in [0.2, 0.25) is 0 Å². The smallest absolute Gasteiger partial charge is 0.404 e. The first-order valence-electron chi connectivity index (χ1n) is 14.9. The number of thiazole rings is 1. The Morgan fingerprint density at radius 2 is 1.59 bits per heavy atom. The molecule has 4 rings (SSSR count). The van der Waals surface area contributed by atoms with Gasteiger partial charge in [-0.25, -0.2) is 14.6 Å². The Bertz CT molecular complexity index is 1390. The molecular weight excluding hydrogens is 578 g/mol.